The zero-order valence-corrected chi connectivity index (χ0v) is 13.7. The lowest BCUT2D eigenvalue weighted by Gasteiger charge is -2.32. The van der Waals surface area contributed by atoms with Gasteiger partial charge in [0.15, 0.2) is 0 Å². The second-order valence-corrected chi connectivity index (χ2v) is 5.82. The minimum absolute atomic E-state index is 0.182. The standard InChI is InChI=1S/C17H25FN2O3/c1-12-5-6-14(18)10-15(12)16(13-4-3-7-19-11-13)23-9-8-20-17(21)22-2/h5-6,10,13,16,19H,3-4,7-9,11H2,1-2H3,(H,20,21). The summed E-state index contributed by atoms with van der Waals surface area (Å²) >= 11 is 0. The largest absolute Gasteiger partial charge is 0.453 e. The molecule has 0 radical (unpaired) electrons. The smallest absolute Gasteiger partial charge is 0.406 e. The summed E-state index contributed by atoms with van der Waals surface area (Å²) in [6.07, 6.45) is 1.46. The van der Waals surface area contributed by atoms with Crippen LogP contribution in [0.5, 0.6) is 0 Å². The van der Waals surface area contributed by atoms with E-state index in [1.54, 1.807) is 12.1 Å². The predicted molar refractivity (Wildman–Crippen MR) is 85.8 cm³/mol. The van der Waals surface area contributed by atoms with E-state index in [-0.39, 0.29) is 11.9 Å². The molecule has 1 saturated heterocycles. The third-order valence-electron chi connectivity index (χ3n) is 4.17. The van der Waals surface area contributed by atoms with Crippen molar-refractivity contribution in [2.75, 3.05) is 33.4 Å². The van der Waals surface area contributed by atoms with Crippen LogP contribution in [-0.2, 0) is 9.47 Å². The predicted octanol–water partition coefficient (Wildman–Crippen LogP) is 2.55. The van der Waals surface area contributed by atoms with Gasteiger partial charge in [0.25, 0.3) is 0 Å². The Balaban J connectivity index is 2.05. The van der Waals surface area contributed by atoms with Crippen molar-refractivity contribution in [3.05, 3.63) is 35.1 Å². The highest BCUT2D eigenvalue weighted by atomic mass is 19.1. The molecule has 128 valence electrons. The summed E-state index contributed by atoms with van der Waals surface area (Å²) in [4.78, 5) is 11.1. The number of carbonyl (C=O) groups is 1. The second-order valence-electron chi connectivity index (χ2n) is 5.82. The van der Waals surface area contributed by atoms with Crippen LogP contribution in [0.2, 0.25) is 0 Å². The molecule has 2 unspecified atom stereocenters. The molecule has 2 N–H and O–H groups in total. The summed E-state index contributed by atoms with van der Waals surface area (Å²) < 4.78 is 24.2. The Bertz CT molecular complexity index is 519. The highest BCUT2D eigenvalue weighted by Crippen LogP contribution is 2.32. The Morgan fingerprint density at radius 2 is 2.35 bits per heavy atom. The van der Waals surface area contributed by atoms with E-state index in [4.69, 9.17) is 4.74 Å². The van der Waals surface area contributed by atoms with Crippen molar-refractivity contribution in [3.63, 3.8) is 0 Å². The highest BCUT2D eigenvalue weighted by molar-refractivity contribution is 5.66. The zero-order chi connectivity index (χ0) is 16.7. The van der Waals surface area contributed by atoms with Crippen LogP contribution in [-0.4, -0.2) is 39.4 Å². The first-order chi connectivity index (χ1) is 11.1. The van der Waals surface area contributed by atoms with Gasteiger partial charge < -0.3 is 20.1 Å². The van der Waals surface area contributed by atoms with Crippen LogP contribution >= 0.6 is 0 Å². The Labute approximate surface area is 136 Å². The molecule has 1 aromatic rings. The number of methoxy groups -OCH3 is 1. The fourth-order valence-electron chi connectivity index (χ4n) is 2.95. The Hall–Kier alpha value is -1.66. The maximum absolute atomic E-state index is 13.7. The number of piperidine rings is 1. The topological polar surface area (TPSA) is 59.6 Å². The van der Waals surface area contributed by atoms with E-state index >= 15 is 0 Å². The molecule has 1 aliphatic rings. The molecule has 0 bridgehead atoms. The number of benzene rings is 1. The fourth-order valence-corrected chi connectivity index (χ4v) is 2.95. The summed E-state index contributed by atoms with van der Waals surface area (Å²) in [5.41, 5.74) is 1.90. The number of aryl methyl sites for hydroxylation is 1. The molecule has 1 fully saturated rings. The fraction of sp³-hybridized carbons (Fsp3) is 0.588. The average molecular weight is 324 g/mol. The minimum Gasteiger partial charge on any atom is -0.453 e. The molecule has 23 heavy (non-hydrogen) atoms. The van der Waals surface area contributed by atoms with Crippen molar-refractivity contribution in [2.45, 2.75) is 25.9 Å². The molecular formula is C17H25FN2O3. The number of alkyl carbamates (subject to hydrolysis) is 1. The molecule has 1 heterocycles. The molecule has 1 aromatic carbocycles. The molecule has 0 aliphatic carbocycles. The second kappa shape index (κ2) is 8.84. The molecule has 0 aromatic heterocycles. The number of hydrogen-bond donors (Lipinski definition) is 2. The van der Waals surface area contributed by atoms with Crippen molar-refractivity contribution in [2.24, 2.45) is 5.92 Å². The maximum atomic E-state index is 13.7. The quantitative estimate of drug-likeness (QED) is 0.790. The summed E-state index contributed by atoms with van der Waals surface area (Å²) in [7, 11) is 1.32. The first-order valence-electron chi connectivity index (χ1n) is 8.02. The Morgan fingerprint density at radius 1 is 1.52 bits per heavy atom. The summed E-state index contributed by atoms with van der Waals surface area (Å²) in [5.74, 6) is 0.0398. The average Bonchev–Trinajstić information content (AvgIpc) is 2.58. The number of rotatable bonds is 6. The number of hydrogen-bond acceptors (Lipinski definition) is 4. The number of nitrogens with one attached hydrogen (secondary N) is 2. The van der Waals surface area contributed by atoms with Crippen molar-refractivity contribution in [1.82, 2.24) is 10.6 Å². The SMILES string of the molecule is COC(=O)NCCOC(c1cc(F)ccc1C)C1CCCNC1. The first kappa shape index (κ1) is 17.7. The van der Waals surface area contributed by atoms with Crippen molar-refractivity contribution in [3.8, 4) is 0 Å². The van der Waals surface area contributed by atoms with E-state index in [2.05, 4.69) is 15.4 Å². The van der Waals surface area contributed by atoms with E-state index in [1.165, 1.54) is 13.2 Å². The minimum atomic E-state index is -0.480. The van der Waals surface area contributed by atoms with E-state index in [1.807, 2.05) is 6.92 Å². The lowest BCUT2D eigenvalue weighted by atomic mass is 9.87. The molecule has 2 atom stereocenters. The van der Waals surface area contributed by atoms with Crippen LogP contribution in [0.15, 0.2) is 18.2 Å². The van der Waals surface area contributed by atoms with Gasteiger partial charge in [-0.15, -0.1) is 0 Å². The first-order valence-corrected chi connectivity index (χ1v) is 8.02. The van der Waals surface area contributed by atoms with Crippen LogP contribution < -0.4 is 10.6 Å². The van der Waals surface area contributed by atoms with Gasteiger partial charge in [-0.25, -0.2) is 9.18 Å². The van der Waals surface area contributed by atoms with Gasteiger partial charge in [-0.2, -0.15) is 0 Å². The molecule has 5 nitrogen and oxygen atoms in total. The third-order valence-corrected chi connectivity index (χ3v) is 4.17. The maximum Gasteiger partial charge on any atom is 0.406 e. The number of amides is 1. The monoisotopic (exact) mass is 324 g/mol. The number of ether oxygens (including phenoxy) is 2. The van der Waals surface area contributed by atoms with Crippen molar-refractivity contribution < 1.29 is 18.7 Å². The van der Waals surface area contributed by atoms with Gasteiger partial charge in [0.2, 0.25) is 0 Å². The molecular weight excluding hydrogens is 299 g/mol. The molecule has 1 aliphatic heterocycles. The van der Waals surface area contributed by atoms with Gasteiger partial charge >= 0.3 is 6.09 Å². The molecule has 0 saturated carbocycles. The molecule has 1 amide bonds. The molecule has 0 spiro atoms. The molecule has 2 rings (SSSR count). The Kier molecular flexibility index (Phi) is 6.80. The van der Waals surface area contributed by atoms with Crippen LogP contribution in [0.1, 0.15) is 30.1 Å². The van der Waals surface area contributed by atoms with Gasteiger partial charge in [-0.1, -0.05) is 6.07 Å². The third kappa shape index (κ3) is 5.18. The van der Waals surface area contributed by atoms with Gasteiger partial charge in [0.1, 0.15) is 5.82 Å². The van der Waals surface area contributed by atoms with E-state index in [9.17, 15) is 9.18 Å². The van der Waals surface area contributed by atoms with Crippen molar-refractivity contribution >= 4 is 6.09 Å². The van der Waals surface area contributed by atoms with Crippen LogP contribution in [0.3, 0.4) is 0 Å². The van der Waals surface area contributed by atoms with Gasteiger partial charge in [-0.05, 0) is 49.6 Å². The van der Waals surface area contributed by atoms with E-state index in [0.29, 0.717) is 19.1 Å². The lowest BCUT2D eigenvalue weighted by Crippen LogP contribution is -2.35. The normalized spacial score (nSPS) is 19.2. The Morgan fingerprint density at radius 3 is 3.04 bits per heavy atom. The van der Waals surface area contributed by atoms with E-state index in [0.717, 1.165) is 37.1 Å². The lowest BCUT2D eigenvalue weighted by molar-refractivity contribution is 0.00419. The van der Waals surface area contributed by atoms with E-state index < -0.39 is 6.09 Å². The van der Waals surface area contributed by atoms with Crippen LogP contribution in [0, 0.1) is 18.7 Å². The van der Waals surface area contributed by atoms with Crippen LogP contribution in [0.25, 0.3) is 0 Å². The summed E-state index contributed by atoms with van der Waals surface area (Å²) in [5, 5.41) is 5.97. The number of halogens is 1. The van der Waals surface area contributed by atoms with Gasteiger partial charge in [-0.3, -0.25) is 0 Å². The molecule has 6 heteroatoms. The van der Waals surface area contributed by atoms with Crippen LogP contribution in [0.4, 0.5) is 9.18 Å². The van der Waals surface area contributed by atoms with Gasteiger partial charge in [0, 0.05) is 19.0 Å². The summed E-state index contributed by atoms with van der Waals surface area (Å²) in [6.45, 7) is 4.54. The zero-order valence-electron chi connectivity index (χ0n) is 13.7. The van der Waals surface area contributed by atoms with Crippen molar-refractivity contribution in [1.29, 1.82) is 0 Å². The summed E-state index contributed by atoms with van der Waals surface area (Å²) in [6, 6.07) is 4.81. The highest BCUT2D eigenvalue weighted by Gasteiger charge is 2.27. The van der Waals surface area contributed by atoms with Gasteiger partial charge in [0.05, 0.1) is 19.8 Å². The number of carbonyl (C=O) groups excluding carboxylic acids is 1.